The van der Waals surface area contributed by atoms with Crippen LogP contribution in [0.25, 0.3) is 0 Å². The minimum absolute atomic E-state index is 0. The van der Waals surface area contributed by atoms with E-state index < -0.39 is 0 Å². The van der Waals surface area contributed by atoms with Gasteiger partial charge in [-0.2, -0.15) is 0 Å². The number of halogens is 1. The maximum atomic E-state index is 5.43. The van der Waals surface area contributed by atoms with Gasteiger partial charge in [0.15, 0.2) is 0 Å². The predicted molar refractivity (Wildman–Crippen MR) is 82.2 cm³/mol. The highest BCUT2D eigenvalue weighted by atomic mass is 35.5. The summed E-state index contributed by atoms with van der Waals surface area (Å²) < 4.78 is 10.7. The molecule has 1 aromatic rings. The summed E-state index contributed by atoms with van der Waals surface area (Å²) in [4.78, 5) is 0. The lowest BCUT2D eigenvalue weighted by Gasteiger charge is -2.07. The number of ether oxygens (including phenoxy) is 2. The lowest BCUT2D eigenvalue weighted by molar-refractivity contribution is 0.144. The van der Waals surface area contributed by atoms with E-state index in [0.29, 0.717) is 6.61 Å². The van der Waals surface area contributed by atoms with Crippen molar-refractivity contribution in [3.05, 3.63) is 42.5 Å². The van der Waals surface area contributed by atoms with Gasteiger partial charge >= 0.3 is 0 Å². The summed E-state index contributed by atoms with van der Waals surface area (Å²) in [5, 5.41) is 3.39. The Bertz CT molecular complexity index is 327. The van der Waals surface area contributed by atoms with Gasteiger partial charge in [-0.05, 0) is 37.6 Å². The van der Waals surface area contributed by atoms with Gasteiger partial charge in [0.2, 0.25) is 0 Å². The highest BCUT2D eigenvalue weighted by molar-refractivity contribution is 5.85. The van der Waals surface area contributed by atoms with Gasteiger partial charge in [-0.3, -0.25) is 0 Å². The SMILES string of the molecule is C=CCOc1ccc(CNCCCOCC)cc1.Cl. The number of nitrogens with one attached hydrogen (secondary N) is 1. The van der Waals surface area contributed by atoms with Crippen LogP contribution in [0.2, 0.25) is 0 Å². The average molecular weight is 286 g/mol. The third kappa shape index (κ3) is 8.65. The Morgan fingerprint density at radius 2 is 2.00 bits per heavy atom. The molecule has 0 saturated carbocycles. The second-order valence-electron chi connectivity index (χ2n) is 3.97. The van der Waals surface area contributed by atoms with Crippen LogP contribution in [0, 0.1) is 0 Å². The third-order valence-electron chi connectivity index (χ3n) is 2.47. The fourth-order valence-electron chi connectivity index (χ4n) is 1.53. The van der Waals surface area contributed by atoms with Crippen LogP contribution in [0.1, 0.15) is 18.9 Å². The Kier molecular flexibility index (Phi) is 11.4. The van der Waals surface area contributed by atoms with Crippen molar-refractivity contribution in [1.29, 1.82) is 0 Å². The van der Waals surface area contributed by atoms with E-state index >= 15 is 0 Å². The van der Waals surface area contributed by atoms with Gasteiger partial charge in [0.1, 0.15) is 12.4 Å². The van der Waals surface area contributed by atoms with Crippen LogP contribution in [0.5, 0.6) is 5.75 Å². The van der Waals surface area contributed by atoms with E-state index in [1.165, 1.54) is 5.56 Å². The number of hydrogen-bond acceptors (Lipinski definition) is 3. The summed E-state index contributed by atoms with van der Waals surface area (Å²) in [5.41, 5.74) is 1.26. The largest absolute Gasteiger partial charge is 0.490 e. The summed E-state index contributed by atoms with van der Waals surface area (Å²) in [6.07, 6.45) is 2.79. The first-order valence-corrected chi connectivity index (χ1v) is 6.48. The standard InChI is InChI=1S/C15H23NO2.ClH/c1-3-11-18-15-8-6-14(7-9-15)13-16-10-5-12-17-4-2;/h3,6-9,16H,1,4-5,10-13H2,2H3;1H. The first-order valence-electron chi connectivity index (χ1n) is 6.48. The Labute approximate surface area is 122 Å². The van der Waals surface area contributed by atoms with Gasteiger partial charge < -0.3 is 14.8 Å². The summed E-state index contributed by atoms with van der Waals surface area (Å²) in [7, 11) is 0. The Hall–Kier alpha value is -1.03. The van der Waals surface area contributed by atoms with Crippen molar-refractivity contribution >= 4 is 12.4 Å². The maximum Gasteiger partial charge on any atom is 0.119 e. The molecule has 19 heavy (non-hydrogen) atoms. The number of hydrogen-bond donors (Lipinski definition) is 1. The molecule has 0 aromatic heterocycles. The molecule has 1 rings (SSSR count). The zero-order chi connectivity index (χ0) is 13.1. The molecular formula is C15H24ClNO2. The second kappa shape index (κ2) is 12.0. The fraction of sp³-hybridized carbons (Fsp3) is 0.467. The molecule has 0 heterocycles. The van der Waals surface area contributed by atoms with Crippen LogP contribution >= 0.6 is 12.4 Å². The monoisotopic (exact) mass is 285 g/mol. The van der Waals surface area contributed by atoms with Crippen molar-refractivity contribution in [2.75, 3.05) is 26.4 Å². The molecule has 0 amide bonds. The Morgan fingerprint density at radius 3 is 2.63 bits per heavy atom. The van der Waals surface area contributed by atoms with Crippen molar-refractivity contribution in [3.8, 4) is 5.75 Å². The maximum absolute atomic E-state index is 5.43. The van der Waals surface area contributed by atoms with Gasteiger partial charge in [0.25, 0.3) is 0 Å². The number of rotatable bonds is 10. The van der Waals surface area contributed by atoms with E-state index in [1.54, 1.807) is 6.08 Å². The average Bonchev–Trinajstić information content (AvgIpc) is 2.42. The molecule has 0 fully saturated rings. The molecule has 0 radical (unpaired) electrons. The van der Waals surface area contributed by atoms with Gasteiger partial charge in [0, 0.05) is 19.8 Å². The first-order chi connectivity index (χ1) is 8.86. The quantitative estimate of drug-likeness (QED) is 0.529. The smallest absolute Gasteiger partial charge is 0.119 e. The van der Waals surface area contributed by atoms with Crippen LogP contribution in [-0.4, -0.2) is 26.4 Å². The minimum Gasteiger partial charge on any atom is -0.490 e. The molecule has 3 nitrogen and oxygen atoms in total. The van der Waals surface area contributed by atoms with Gasteiger partial charge in [-0.1, -0.05) is 24.8 Å². The summed E-state index contributed by atoms with van der Waals surface area (Å²) in [6.45, 7) is 9.68. The van der Waals surface area contributed by atoms with E-state index in [1.807, 2.05) is 19.1 Å². The van der Waals surface area contributed by atoms with Gasteiger partial charge in [-0.15, -0.1) is 12.4 Å². The van der Waals surface area contributed by atoms with Crippen molar-refractivity contribution in [1.82, 2.24) is 5.32 Å². The summed E-state index contributed by atoms with van der Waals surface area (Å²) >= 11 is 0. The zero-order valence-electron chi connectivity index (χ0n) is 11.6. The normalized spacial score (nSPS) is 9.74. The second-order valence-corrected chi connectivity index (χ2v) is 3.97. The highest BCUT2D eigenvalue weighted by Gasteiger charge is 1.95. The zero-order valence-corrected chi connectivity index (χ0v) is 12.4. The van der Waals surface area contributed by atoms with E-state index in [0.717, 1.165) is 38.5 Å². The minimum atomic E-state index is 0. The lowest BCUT2D eigenvalue weighted by Crippen LogP contribution is -2.16. The molecular weight excluding hydrogens is 262 g/mol. The van der Waals surface area contributed by atoms with E-state index in [9.17, 15) is 0 Å². The summed E-state index contributed by atoms with van der Waals surface area (Å²) in [5.74, 6) is 0.884. The molecule has 0 aliphatic heterocycles. The predicted octanol–water partition coefficient (Wildman–Crippen LogP) is 3.19. The molecule has 4 heteroatoms. The van der Waals surface area contributed by atoms with Crippen molar-refractivity contribution in [2.24, 2.45) is 0 Å². The van der Waals surface area contributed by atoms with Crippen molar-refractivity contribution in [3.63, 3.8) is 0 Å². The third-order valence-corrected chi connectivity index (χ3v) is 2.47. The summed E-state index contributed by atoms with van der Waals surface area (Å²) in [6, 6.07) is 8.13. The van der Waals surface area contributed by atoms with Crippen LogP contribution in [-0.2, 0) is 11.3 Å². The van der Waals surface area contributed by atoms with Crippen LogP contribution < -0.4 is 10.1 Å². The van der Waals surface area contributed by atoms with Crippen LogP contribution in [0.4, 0.5) is 0 Å². The fourth-order valence-corrected chi connectivity index (χ4v) is 1.53. The molecule has 0 aliphatic rings. The molecule has 108 valence electrons. The van der Waals surface area contributed by atoms with E-state index in [4.69, 9.17) is 9.47 Å². The molecule has 0 bridgehead atoms. The highest BCUT2D eigenvalue weighted by Crippen LogP contribution is 2.11. The van der Waals surface area contributed by atoms with E-state index in [2.05, 4.69) is 24.0 Å². The molecule has 0 unspecified atom stereocenters. The molecule has 0 aliphatic carbocycles. The molecule has 0 saturated heterocycles. The number of benzene rings is 1. The van der Waals surface area contributed by atoms with Gasteiger partial charge in [0.05, 0.1) is 0 Å². The van der Waals surface area contributed by atoms with Crippen molar-refractivity contribution in [2.45, 2.75) is 19.9 Å². The topological polar surface area (TPSA) is 30.5 Å². The first kappa shape index (κ1) is 18.0. The molecule has 0 atom stereocenters. The van der Waals surface area contributed by atoms with Crippen LogP contribution in [0.15, 0.2) is 36.9 Å². The Morgan fingerprint density at radius 1 is 1.26 bits per heavy atom. The molecule has 1 N–H and O–H groups in total. The Balaban J connectivity index is 0.00000324. The van der Waals surface area contributed by atoms with Crippen molar-refractivity contribution < 1.29 is 9.47 Å². The van der Waals surface area contributed by atoms with Crippen LogP contribution in [0.3, 0.4) is 0 Å². The lowest BCUT2D eigenvalue weighted by atomic mass is 10.2. The molecule has 1 aromatic carbocycles. The van der Waals surface area contributed by atoms with E-state index in [-0.39, 0.29) is 12.4 Å². The van der Waals surface area contributed by atoms with Gasteiger partial charge in [-0.25, -0.2) is 0 Å². The molecule has 0 spiro atoms.